The lowest BCUT2D eigenvalue weighted by Crippen LogP contribution is -2.30. The second-order valence-electron chi connectivity index (χ2n) is 7.83. The number of amides is 2. The Morgan fingerprint density at radius 1 is 0.697 bits per heavy atom. The molecule has 4 N–H and O–H groups in total. The number of aromatic hydroxyl groups is 2. The summed E-state index contributed by atoms with van der Waals surface area (Å²) in [5, 5.41) is 27.4. The average Bonchev–Trinajstić information content (AvgIpc) is 2.78. The number of pyridine rings is 2. The van der Waals surface area contributed by atoms with Crippen LogP contribution in [0.2, 0.25) is 0 Å². The Morgan fingerprint density at radius 3 is 1.55 bits per heavy atom. The van der Waals surface area contributed by atoms with Gasteiger partial charge >= 0.3 is 0 Å². The van der Waals surface area contributed by atoms with E-state index in [1.54, 1.807) is 48.5 Å². The molecular weight excluding hydrogens is 420 g/mol. The van der Waals surface area contributed by atoms with Crippen LogP contribution in [-0.2, 0) is 0 Å². The van der Waals surface area contributed by atoms with Gasteiger partial charge in [-0.2, -0.15) is 0 Å². The molecule has 0 bridgehead atoms. The molecule has 0 aliphatic carbocycles. The first-order chi connectivity index (χ1) is 15.8. The summed E-state index contributed by atoms with van der Waals surface area (Å²) in [6, 6.07) is 13.5. The predicted molar refractivity (Wildman–Crippen MR) is 126 cm³/mol. The fraction of sp³-hybridized carbons (Fsp3) is 0.200. The van der Waals surface area contributed by atoms with Crippen molar-refractivity contribution in [2.75, 3.05) is 13.1 Å². The van der Waals surface area contributed by atoms with Crippen LogP contribution in [0, 0.1) is 13.8 Å². The summed E-state index contributed by atoms with van der Waals surface area (Å²) in [5.74, 6) is -1.03. The zero-order valence-electron chi connectivity index (χ0n) is 18.3. The van der Waals surface area contributed by atoms with Gasteiger partial charge in [-0.15, -0.1) is 0 Å². The van der Waals surface area contributed by atoms with Crippen molar-refractivity contribution in [2.24, 2.45) is 0 Å². The molecule has 2 aromatic heterocycles. The van der Waals surface area contributed by atoms with Crippen molar-refractivity contribution < 1.29 is 19.8 Å². The number of phenols is 2. The standard InChI is InChI=1S/C25H24N4O4/c1-14-4-6-16-20(28-14)10-8-18(22(16)30)24(32)26-12-3-13-27-25(33)19-9-11-21-17(23(19)31)7-5-15(2)29-21/h4-11,30-31H,3,12-13H2,1-2H3,(H,26,32)(H,27,33). The highest BCUT2D eigenvalue weighted by Gasteiger charge is 2.16. The van der Waals surface area contributed by atoms with Gasteiger partial charge in [-0.1, -0.05) is 0 Å². The third kappa shape index (κ3) is 4.55. The van der Waals surface area contributed by atoms with E-state index < -0.39 is 11.8 Å². The van der Waals surface area contributed by atoms with Crippen LogP contribution in [0.4, 0.5) is 0 Å². The number of rotatable bonds is 6. The second-order valence-corrected chi connectivity index (χ2v) is 7.83. The molecule has 33 heavy (non-hydrogen) atoms. The first-order valence-corrected chi connectivity index (χ1v) is 10.6. The fourth-order valence-corrected chi connectivity index (χ4v) is 3.63. The molecule has 168 valence electrons. The van der Waals surface area contributed by atoms with Crippen LogP contribution in [0.5, 0.6) is 11.5 Å². The maximum Gasteiger partial charge on any atom is 0.255 e. The Hall–Kier alpha value is -4.20. The summed E-state index contributed by atoms with van der Waals surface area (Å²) in [6.07, 6.45) is 0.474. The topological polar surface area (TPSA) is 124 Å². The maximum absolute atomic E-state index is 12.5. The van der Waals surface area contributed by atoms with Gasteiger partial charge in [0.15, 0.2) is 0 Å². The van der Waals surface area contributed by atoms with Crippen molar-refractivity contribution in [2.45, 2.75) is 20.3 Å². The molecule has 0 aliphatic rings. The Morgan fingerprint density at radius 2 is 1.12 bits per heavy atom. The molecule has 0 saturated carbocycles. The highest BCUT2D eigenvalue weighted by Crippen LogP contribution is 2.29. The number of hydrogen-bond acceptors (Lipinski definition) is 6. The van der Waals surface area contributed by atoms with E-state index in [0.29, 0.717) is 41.3 Å². The summed E-state index contributed by atoms with van der Waals surface area (Å²) in [6.45, 7) is 4.32. The smallest absolute Gasteiger partial charge is 0.255 e. The van der Waals surface area contributed by atoms with Crippen LogP contribution in [0.3, 0.4) is 0 Å². The van der Waals surface area contributed by atoms with Crippen molar-refractivity contribution >= 4 is 33.6 Å². The summed E-state index contributed by atoms with van der Waals surface area (Å²) < 4.78 is 0. The van der Waals surface area contributed by atoms with Crippen molar-refractivity contribution in [3.05, 3.63) is 71.0 Å². The largest absolute Gasteiger partial charge is 0.506 e. The summed E-state index contributed by atoms with van der Waals surface area (Å²) in [7, 11) is 0. The summed E-state index contributed by atoms with van der Waals surface area (Å²) >= 11 is 0. The van der Waals surface area contributed by atoms with Gasteiger partial charge in [-0.05, 0) is 68.8 Å². The van der Waals surface area contributed by atoms with Crippen molar-refractivity contribution in [1.82, 2.24) is 20.6 Å². The van der Waals surface area contributed by atoms with E-state index in [9.17, 15) is 19.8 Å². The molecular formula is C25H24N4O4. The number of carbonyl (C=O) groups excluding carboxylic acids is 2. The molecule has 0 fully saturated rings. The number of aryl methyl sites for hydroxylation is 2. The Balaban J connectivity index is 1.32. The number of nitrogens with one attached hydrogen (secondary N) is 2. The van der Waals surface area contributed by atoms with Gasteiger partial charge in [-0.25, -0.2) is 0 Å². The molecule has 0 radical (unpaired) electrons. The van der Waals surface area contributed by atoms with Gasteiger partial charge in [0.1, 0.15) is 11.5 Å². The first kappa shape index (κ1) is 22.0. The minimum atomic E-state index is -0.406. The van der Waals surface area contributed by atoms with Gasteiger partial charge in [-0.3, -0.25) is 19.6 Å². The second kappa shape index (κ2) is 9.12. The molecule has 0 saturated heterocycles. The van der Waals surface area contributed by atoms with Crippen LogP contribution in [0.1, 0.15) is 38.5 Å². The van der Waals surface area contributed by atoms with Crippen LogP contribution in [0.25, 0.3) is 21.8 Å². The third-order valence-electron chi connectivity index (χ3n) is 5.38. The van der Waals surface area contributed by atoms with Gasteiger partial charge < -0.3 is 20.8 Å². The molecule has 0 atom stereocenters. The molecule has 2 aromatic carbocycles. The molecule has 4 rings (SSSR count). The quantitative estimate of drug-likeness (QED) is 0.338. The van der Waals surface area contributed by atoms with E-state index in [2.05, 4.69) is 20.6 Å². The summed E-state index contributed by atoms with van der Waals surface area (Å²) in [4.78, 5) is 33.6. The summed E-state index contributed by atoms with van der Waals surface area (Å²) in [5.41, 5.74) is 3.23. The van der Waals surface area contributed by atoms with E-state index in [1.807, 2.05) is 13.8 Å². The van der Waals surface area contributed by atoms with E-state index in [4.69, 9.17) is 0 Å². The number of aromatic nitrogens is 2. The number of carbonyl (C=O) groups is 2. The minimum Gasteiger partial charge on any atom is -0.506 e. The van der Waals surface area contributed by atoms with E-state index in [1.165, 1.54) is 0 Å². The molecule has 0 unspecified atom stereocenters. The molecule has 0 spiro atoms. The minimum absolute atomic E-state index is 0.109. The zero-order chi connectivity index (χ0) is 23.5. The van der Waals surface area contributed by atoms with Gasteiger partial charge in [0.2, 0.25) is 0 Å². The zero-order valence-corrected chi connectivity index (χ0v) is 18.3. The monoisotopic (exact) mass is 444 g/mol. The van der Waals surface area contributed by atoms with Crippen LogP contribution in [-0.4, -0.2) is 45.1 Å². The lowest BCUT2D eigenvalue weighted by Gasteiger charge is -2.11. The molecule has 8 heteroatoms. The Kier molecular flexibility index (Phi) is 6.08. The number of benzene rings is 2. The van der Waals surface area contributed by atoms with Crippen LogP contribution >= 0.6 is 0 Å². The van der Waals surface area contributed by atoms with Gasteiger partial charge in [0, 0.05) is 35.2 Å². The molecule has 4 aromatic rings. The number of fused-ring (bicyclic) bond motifs is 2. The fourth-order valence-electron chi connectivity index (χ4n) is 3.63. The predicted octanol–water partition coefficient (Wildman–Crippen LogP) is 3.36. The normalized spacial score (nSPS) is 11.0. The van der Waals surface area contributed by atoms with E-state index in [0.717, 1.165) is 11.4 Å². The molecule has 0 aliphatic heterocycles. The SMILES string of the molecule is Cc1ccc2c(O)c(C(=O)NCCCNC(=O)c3ccc4nc(C)ccc4c3O)ccc2n1. The highest BCUT2D eigenvalue weighted by atomic mass is 16.3. The van der Waals surface area contributed by atoms with Crippen molar-refractivity contribution in [1.29, 1.82) is 0 Å². The highest BCUT2D eigenvalue weighted by molar-refractivity contribution is 6.03. The Bertz CT molecular complexity index is 1280. The van der Waals surface area contributed by atoms with Crippen LogP contribution < -0.4 is 10.6 Å². The van der Waals surface area contributed by atoms with Crippen molar-refractivity contribution in [3.8, 4) is 11.5 Å². The average molecular weight is 444 g/mol. The molecule has 8 nitrogen and oxygen atoms in total. The number of nitrogens with zero attached hydrogens (tertiary/aromatic N) is 2. The first-order valence-electron chi connectivity index (χ1n) is 10.6. The van der Waals surface area contributed by atoms with Crippen molar-refractivity contribution in [3.63, 3.8) is 0 Å². The van der Waals surface area contributed by atoms with E-state index in [-0.39, 0.29) is 22.6 Å². The van der Waals surface area contributed by atoms with Gasteiger partial charge in [0.05, 0.1) is 22.2 Å². The lowest BCUT2D eigenvalue weighted by atomic mass is 10.1. The van der Waals surface area contributed by atoms with Gasteiger partial charge in [0.25, 0.3) is 11.8 Å². The molecule has 2 heterocycles. The maximum atomic E-state index is 12.5. The van der Waals surface area contributed by atoms with E-state index >= 15 is 0 Å². The number of hydrogen-bond donors (Lipinski definition) is 4. The third-order valence-corrected chi connectivity index (χ3v) is 5.38. The molecule has 2 amide bonds. The lowest BCUT2D eigenvalue weighted by molar-refractivity contribution is 0.0949. The Labute approximate surface area is 190 Å². The van der Waals surface area contributed by atoms with Crippen LogP contribution in [0.15, 0.2) is 48.5 Å². The number of phenolic OH excluding ortho intramolecular Hbond substituents is 2.